The molecule has 2 aliphatic rings. The first kappa shape index (κ1) is 13.8. The van der Waals surface area contributed by atoms with Crippen molar-refractivity contribution in [3.8, 4) is 0 Å². The molecule has 2 fully saturated rings. The van der Waals surface area contributed by atoms with Gasteiger partial charge in [-0.05, 0) is 39.2 Å². The van der Waals surface area contributed by atoms with Crippen LogP contribution in [0.1, 0.15) is 51.9 Å². The molecular formula is C14H26N2O2. The number of carbonyl (C=O) groups is 1. The summed E-state index contributed by atoms with van der Waals surface area (Å²) in [7, 11) is 0. The van der Waals surface area contributed by atoms with E-state index in [1.165, 1.54) is 19.3 Å². The molecule has 18 heavy (non-hydrogen) atoms. The fraction of sp³-hybridized carbons (Fsp3) is 0.929. The van der Waals surface area contributed by atoms with Gasteiger partial charge in [-0.2, -0.15) is 0 Å². The number of rotatable bonds is 4. The first-order valence-corrected chi connectivity index (χ1v) is 7.42. The summed E-state index contributed by atoms with van der Waals surface area (Å²) in [5.74, 6) is 0.0625. The van der Waals surface area contributed by atoms with Crippen molar-refractivity contribution in [1.82, 2.24) is 10.6 Å². The van der Waals surface area contributed by atoms with E-state index in [2.05, 4.69) is 10.6 Å². The lowest BCUT2D eigenvalue weighted by molar-refractivity contribution is -0.136. The highest BCUT2D eigenvalue weighted by atomic mass is 16.5. The van der Waals surface area contributed by atoms with Gasteiger partial charge in [0.25, 0.3) is 0 Å². The summed E-state index contributed by atoms with van der Waals surface area (Å²) < 4.78 is 5.82. The Balaban J connectivity index is 1.69. The molecule has 1 saturated heterocycles. The van der Waals surface area contributed by atoms with Crippen molar-refractivity contribution in [2.24, 2.45) is 0 Å². The lowest BCUT2D eigenvalue weighted by atomic mass is 9.95. The largest absolute Gasteiger partial charge is 0.364 e. The zero-order valence-electron chi connectivity index (χ0n) is 11.4. The molecule has 4 heteroatoms. The van der Waals surface area contributed by atoms with Crippen LogP contribution in [0.25, 0.3) is 0 Å². The maximum atomic E-state index is 12.0. The smallest absolute Gasteiger partial charge is 0.249 e. The number of carbonyl (C=O) groups excluding carboxylic acids is 1. The number of nitrogens with one attached hydrogen (secondary N) is 2. The molecule has 0 radical (unpaired) electrons. The van der Waals surface area contributed by atoms with Gasteiger partial charge in [0.05, 0.1) is 6.10 Å². The van der Waals surface area contributed by atoms with Crippen molar-refractivity contribution in [2.75, 3.05) is 13.1 Å². The summed E-state index contributed by atoms with van der Waals surface area (Å²) in [5, 5.41) is 6.43. The Morgan fingerprint density at radius 1 is 1.22 bits per heavy atom. The van der Waals surface area contributed by atoms with Crippen molar-refractivity contribution in [1.29, 1.82) is 0 Å². The molecule has 1 amide bonds. The molecule has 0 aromatic carbocycles. The van der Waals surface area contributed by atoms with E-state index in [-0.39, 0.29) is 18.1 Å². The van der Waals surface area contributed by atoms with E-state index in [0.29, 0.717) is 6.04 Å². The maximum Gasteiger partial charge on any atom is 0.249 e. The quantitative estimate of drug-likeness (QED) is 0.801. The standard InChI is InChI=1S/C14H26N2O2/c1-11(18-13-8-5-9-15-10-13)14(17)16-12-6-3-2-4-7-12/h11-13,15H,2-10H2,1H3,(H,16,17). The van der Waals surface area contributed by atoms with Crippen LogP contribution in [0.15, 0.2) is 0 Å². The van der Waals surface area contributed by atoms with Crippen LogP contribution in [0.3, 0.4) is 0 Å². The highest BCUT2D eigenvalue weighted by Crippen LogP contribution is 2.17. The van der Waals surface area contributed by atoms with Gasteiger partial charge in [-0.15, -0.1) is 0 Å². The second kappa shape index (κ2) is 7.10. The number of ether oxygens (including phenoxy) is 1. The molecule has 0 bridgehead atoms. The fourth-order valence-corrected chi connectivity index (χ4v) is 2.85. The Labute approximate surface area is 110 Å². The Kier molecular flexibility index (Phi) is 5.45. The van der Waals surface area contributed by atoms with Gasteiger partial charge in [-0.3, -0.25) is 4.79 Å². The van der Waals surface area contributed by atoms with Crippen molar-refractivity contribution >= 4 is 5.91 Å². The SMILES string of the molecule is CC(OC1CCCNC1)C(=O)NC1CCCCC1. The molecule has 0 aromatic heterocycles. The molecule has 0 aromatic rings. The lowest BCUT2D eigenvalue weighted by Gasteiger charge is -2.28. The van der Waals surface area contributed by atoms with Crippen LogP contribution in [0.4, 0.5) is 0 Å². The molecule has 4 nitrogen and oxygen atoms in total. The zero-order valence-corrected chi connectivity index (χ0v) is 11.4. The Morgan fingerprint density at radius 2 is 2.00 bits per heavy atom. The monoisotopic (exact) mass is 254 g/mol. The van der Waals surface area contributed by atoms with Crippen molar-refractivity contribution < 1.29 is 9.53 Å². The van der Waals surface area contributed by atoms with Crippen molar-refractivity contribution in [3.63, 3.8) is 0 Å². The number of hydrogen-bond acceptors (Lipinski definition) is 3. The molecule has 104 valence electrons. The van der Waals surface area contributed by atoms with Gasteiger partial charge >= 0.3 is 0 Å². The summed E-state index contributed by atoms with van der Waals surface area (Å²) in [6.07, 6.45) is 8.14. The van der Waals surface area contributed by atoms with E-state index < -0.39 is 0 Å². The minimum absolute atomic E-state index is 0.0625. The summed E-state index contributed by atoms with van der Waals surface area (Å²) >= 11 is 0. The Bertz CT molecular complexity index is 259. The molecule has 1 heterocycles. The highest BCUT2D eigenvalue weighted by Gasteiger charge is 2.23. The summed E-state index contributed by atoms with van der Waals surface area (Å²) in [4.78, 5) is 12.0. The van der Waals surface area contributed by atoms with E-state index in [1.54, 1.807) is 0 Å². The average Bonchev–Trinajstić information content (AvgIpc) is 2.41. The van der Waals surface area contributed by atoms with E-state index in [1.807, 2.05) is 6.92 Å². The molecule has 2 atom stereocenters. The van der Waals surface area contributed by atoms with Crippen LogP contribution >= 0.6 is 0 Å². The van der Waals surface area contributed by atoms with Crippen LogP contribution in [-0.2, 0) is 9.53 Å². The molecule has 1 saturated carbocycles. The Hall–Kier alpha value is -0.610. The lowest BCUT2D eigenvalue weighted by Crippen LogP contribution is -2.45. The van der Waals surface area contributed by atoms with Crippen molar-refractivity contribution in [3.05, 3.63) is 0 Å². The van der Waals surface area contributed by atoms with Crippen LogP contribution in [0, 0.1) is 0 Å². The second-order valence-electron chi connectivity index (χ2n) is 5.59. The highest BCUT2D eigenvalue weighted by molar-refractivity contribution is 5.80. The van der Waals surface area contributed by atoms with Gasteiger partial charge in [-0.1, -0.05) is 19.3 Å². The first-order valence-electron chi connectivity index (χ1n) is 7.42. The molecule has 2 N–H and O–H groups in total. The van der Waals surface area contributed by atoms with Crippen LogP contribution in [0.5, 0.6) is 0 Å². The van der Waals surface area contributed by atoms with Crippen LogP contribution in [-0.4, -0.2) is 37.2 Å². The molecule has 0 spiro atoms. The predicted molar refractivity (Wildman–Crippen MR) is 71.5 cm³/mol. The summed E-state index contributed by atoms with van der Waals surface area (Å²) in [6.45, 7) is 3.82. The van der Waals surface area contributed by atoms with Gasteiger partial charge in [0.1, 0.15) is 6.10 Å². The summed E-state index contributed by atoms with van der Waals surface area (Å²) in [6, 6.07) is 0.377. The van der Waals surface area contributed by atoms with Gasteiger partial charge in [0.2, 0.25) is 5.91 Å². The van der Waals surface area contributed by atoms with Gasteiger partial charge in [-0.25, -0.2) is 0 Å². The first-order chi connectivity index (χ1) is 8.75. The minimum atomic E-state index is -0.322. The van der Waals surface area contributed by atoms with Crippen LogP contribution in [0.2, 0.25) is 0 Å². The molecule has 1 aliphatic heterocycles. The van der Waals surface area contributed by atoms with E-state index in [4.69, 9.17) is 4.74 Å². The van der Waals surface area contributed by atoms with Crippen LogP contribution < -0.4 is 10.6 Å². The predicted octanol–water partition coefficient (Wildman–Crippen LogP) is 1.59. The third-order valence-electron chi connectivity index (χ3n) is 3.97. The summed E-state index contributed by atoms with van der Waals surface area (Å²) in [5.41, 5.74) is 0. The average molecular weight is 254 g/mol. The molecule has 2 unspecified atom stereocenters. The van der Waals surface area contributed by atoms with Gasteiger partial charge in [0.15, 0.2) is 0 Å². The zero-order chi connectivity index (χ0) is 12.8. The normalized spacial score (nSPS) is 27.7. The number of piperidine rings is 1. The third-order valence-corrected chi connectivity index (χ3v) is 3.97. The van der Waals surface area contributed by atoms with E-state index in [9.17, 15) is 4.79 Å². The van der Waals surface area contributed by atoms with E-state index >= 15 is 0 Å². The van der Waals surface area contributed by atoms with Gasteiger partial charge < -0.3 is 15.4 Å². The maximum absolute atomic E-state index is 12.0. The van der Waals surface area contributed by atoms with Gasteiger partial charge in [0, 0.05) is 12.6 Å². The molecule has 2 rings (SSSR count). The fourth-order valence-electron chi connectivity index (χ4n) is 2.85. The second-order valence-corrected chi connectivity index (χ2v) is 5.59. The Morgan fingerprint density at radius 3 is 2.67 bits per heavy atom. The van der Waals surface area contributed by atoms with Crippen molar-refractivity contribution in [2.45, 2.75) is 70.1 Å². The molecule has 1 aliphatic carbocycles. The number of amides is 1. The van der Waals surface area contributed by atoms with E-state index in [0.717, 1.165) is 38.8 Å². The molecular weight excluding hydrogens is 228 g/mol. The third kappa shape index (κ3) is 4.25. The minimum Gasteiger partial charge on any atom is -0.364 e. The number of hydrogen-bond donors (Lipinski definition) is 2. The topological polar surface area (TPSA) is 50.4 Å².